The summed E-state index contributed by atoms with van der Waals surface area (Å²) in [4.78, 5) is 35.7. The van der Waals surface area contributed by atoms with E-state index in [-0.39, 0.29) is 10.6 Å². The summed E-state index contributed by atoms with van der Waals surface area (Å²) in [5, 5.41) is 13.9. The molecule has 1 amide bonds. The largest absolute Gasteiger partial charge is 0.478 e. The lowest BCUT2D eigenvalue weighted by atomic mass is 10.1. The van der Waals surface area contributed by atoms with Gasteiger partial charge in [0.05, 0.1) is 17.5 Å². The number of allylic oxidation sites excluding steroid dienone is 1. The zero-order valence-corrected chi connectivity index (χ0v) is 13.6. The minimum atomic E-state index is -1.16. The van der Waals surface area contributed by atoms with Gasteiger partial charge in [-0.1, -0.05) is 12.7 Å². The van der Waals surface area contributed by atoms with Crippen molar-refractivity contribution < 1.29 is 14.7 Å². The number of aliphatic imine (C=N–C) groups is 1. The summed E-state index contributed by atoms with van der Waals surface area (Å²) in [5.41, 5.74) is 1.09. The van der Waals surface area contributed by atoms with Crippen LogP contribution in [0.4, 0.5) is 5.00 Å². The highest BCUT2D eigenvalue weighted by molar-refractivity contribution is 7.15. The van der Waals surface area contributed by atoms with Gasteiger partial charge < -0.3 is 10.4 Å². The Morgan fingerprint density at radius 2 is 2.21 bits per heavy atom. The van der Waals surface area contributed by atoms with E-state index in [0.717, 1.165) is 11.3 Å². The number of thiophene rings is 1. The summed E-state index contributed by atoms with van der Waals surface area (Å²) in [6.45, 7) is 5.12. The number of carboxylic acids is 1. The number of carbonyl (C=O) groups is 2. The summed E-state index contributed by atoms with van der Waals surface area (Å²) in [7, 11) is 0. The Morgan fingerprint density at radius 1 is 1.42 bits per heavy atom. The van der Waals surface area contributed by atoms with Crippen LogP contribution in [0.1, 0.15) is 17.3 Å². The smallest absolute Gasteiger partial charge is 0.339 e. The number of nitrogens with zero attached hydrogens (tertiary/aromatic N) is 3. The van der Waals surface area contributed by atoms with Gasteiger partial charge >= 0.3 is 5.97 Å². The second-order valence-corrected chi connectivity index (χ2v) is 5.29. The Kier molecular flexibility index (Phi) is 5.69. The third-order valence-corrected chi connectivity index (χ3v) is 3.86. The lowest BCUT2D eigenvalue weighted by Crippen LogP contribution is -2.16. The number of amides is 1. The summed E-state index contributed by atoms with van der Waals surface area (Å²) < 4.78 is 0. The Labute approximate surface area is 142 Å². The van der Waals surface area contributed by atoms with Gasteiger partial charge in [0.15, 0.2) is 0 Å². The predicted molar refractivity (Wildman–Crippen MR) is 93.4 cm³/mol. The fourth-order valence-corrected chi connectivity index (χ4v) is 2.80. The maximum Gasteiger partial charge on any atom is 0.339 e. The minimum Gasteiger partial charge on any atom is -0.478 e. The molecule has 0 saturated carbocycles. The fourth-order valence-electron chi connectivity index (χ4n) is 1.86. The van der Waals surface area contributed by atoms with E-state index in [9.17, 15) is 14.7 Å². The normalized spacial score (nSPS) is 11.5. The fraction of sp³-hybridized carbons (Fsp3) is 0.0625. The number of carbonyl (C=O) groups excluding carboxylic acids is 1. The van der Waals surface area contributed by atoms with Crippen molar-refractivity contribution >= 4 is 34.4 Å². The van der Waals surface area contributed by atoms with E-state index in [4.69, 9.17) is 0 Å². The Morgan fingerprint density at radius 3 is 2.79 bits per heavy atom. The number of anilines is 1. The molecule has 0 fully saturated rings. The van der Waals surface area contributed by atoms with Crippen molar-refractivity contribution in [1.29, 1.82) is 0 Å². The van der Waals surface area contributed by atoms with Gasteiger partial charge in [0.25, 0.3) is 5.91 Å². The molecule has 8 heteroatoms. The van der Waals surface area contributed by atoms with Gasteiger partial charge in [0.1, 0.15) is 10.6 Å². The molecule has 0 saturated heterocycles. The molecule has 0 spiro atoms. The molecule has 24 heavy (non-hydrogen) atoms. The number of carboxylic acid groups (broad SMARTS) is 1. The molecule has 0 atom stereocenters. The first-order chi connectivity index (χ1) is 11.6. The molecular weight excluding hydrogens is 328 g/mol. The molecule has 0 aliphatic carbocycles. The Hall–Kier alpha value is -3.13. The number of aromatic nitrogens is 2. The van der Waals surface area contributed by atoms with Gasteiger partial charge in [-0.25, -0.2) is 4.79 Å². The van der Waals surface area contributed by atoms with E-state index < -0.39 is 11.9 Å². The lowest BCUT2D eigenvalue weighted by molar-refractivity contribution is -0.112. The van der Waals surface area contributed by atoms with Crippen molar-refractivity contribution in [3.05, 3.63) is 54.0 Å². The predicted octanol–water partition coefficient (Wildman–Crippen LogP) is 3.00. The van der Waals surface area contributed by atoms with Gasteiger partial charge in [-0.2, -0.15) is 0 Å². The van der Waals surface area contributed by atoms with E-state index in [1.165, 1.54) is 31.0 Å². The first-order valence-electron chi connectivity index (χ1n) is 6.81. The van der Waals surface area contributed by atoms with Crippen LogP contribution >= 0.6 is 11.3 Å². The first kappa shape index (κ1) is 17.2. The van der Waals surface area contributed by atoms with E-state index >= 15 is 0 Å². The van der Waals surface area contributed by atoms with E-state index in [1.54, 1.807) is 18.4 Å². The van der Waals surface area contributed by atoms with Crippen LogP contribution in [0, 0.1) is 0 Å². The van der Waals surface area contributed by atoms with E-state index in [2.05, 4.69) is 26.9 Å². The zero-order valence-electron chi connectivity index (χ0n) is 12.8. The monoisotopic (exact) mass is 342 g/mol. The maximum absolute atomic E-state index is 12.3. The number of nitrogens with one attached hydrogen (secondary N) is 1. The highest BCUT2D eigenvalue weighted by Crippen LogP contribution is 2.34. The summed E-state index contributed by atoms with van der Waals surface area (Å²) in [5.74, 6) is -1.62. The van der Waals surface area contributed by atoms with Crippen LogP contribution in [0.25, 0.3) is 11.3 Å². The van der Waals surface area contributed by atoms with Gasteiger partial charge in [-0.3, -0.25) is 19.8 Å². The highest BCUT2D eigenvalue weighted by atomic mass is 32.1. The quantitative estimate of drug-likeness (QED) is 0.620. The maximum atomic E-state index is 12.3. The SMILES string of the molecule is C=CN=C/C(=C\C)C(=O)Nc1scc(-c2cnccn2)c1C(=O)O. The van der Waals surface area contributed by atoms with Crippen molar-refractivity contribution in [2.45, 2.75) is 6.92 Å². The van der Waals surface area contributed by atoms with Crippen LogP contribution in [0.15, 0.2) is 53.4 Å². The molecule has 0 unspecified atom stereocenters. The molecule has 7 nitrogen and oxygen atoms in total. The van der Waals surface area contributed by atoms with Crippen molar-refractivity contribution in [3.8, 4) is 11.3 Å². The van der Waals surface area contributed by atoms with Crippen LogP contribution in [-0.4, -0.2) is 33.2 Å². The molecule has 0 aromatic carbocycles. The molecular formula is C16H14N4O3S. The van der Waals surface area contributed by atoms with Gasteiger partial charge in [0.2, 0.25) is 0 Å². The second-order valence-electron chi connectivity index (χ2n) is 4.41. The van der Waals surface area contributed by atoms with Crippen molar-refractivity contribution in [3.63, 3.8) is 0 Å². The van der Waals surface area contributed by atoms with Crippen molar-refractivity contribution in [2.24, 2.45) is 4.99 Å². The average molecular weight is 342 g/mol. The molecule has 122 valence electrons. The number of hydrogen-bond acceptors (Lipinski definition) is 6. The Balaban J connectivity index is 2.37. The zero-order chi connectivity index (χ0) is 17.5. The van der Waals surface area contributed by atoms with E-state index in [1.807, 2.05) is 0 Å². The topological polar surface area (TPSA) is 105 Å². The number of rotatable bonds is 6. The molecule has 0 radical (unpaired) electrons. The third kappa shape index (κ3) is 3.79. The molecule has 2 rings (SSSR count). The standard InChI is InChI=1S/C16H14N4O3S/c1-3-10(7-17-4-2)14(21)20-15-13(16(22)23)11(9-24-15)12-8-18-5-6-19-12/h3-9H,2H2,1H3,(H,20,21)(H,22,23)/b10-3+,17-7?. The summed E-state index contributed by atoms with van der Waals surface area (Å²) >= 11 is 1.11. The van der Waals surface area contributed by atoms with Crippen LogP contribution in [0.3, 0.4) is 0 Å². The Bertz CT molecular complexity index is 825. The molecule has 2 aromatic rings. The minimum absolute atomic E-state index is 0.0232. The second kappa shape index (κ2) is 7.93. The van der Waals surface area contributed by atoms with Crippen LogP contribution in [-0.2, 0) is 4.79 Å². The van der Waals surface area contributed by atoms with E-state index in [0.29, 0.717) is 16.8 Å². The van der Waals surface area contributed by atoms with Gasteiger partial charge in [-0.05, 0) is 6.92 Å². The molecule has 0 bridgehead atoms. The molecule has 2 N–H and O–H groups in total. The molecule has 2 heterocycles. The van der Waals surface area contributed by atoms with Gasteiger partial charge in [-0.15, -0.1) is 11.3 Å². The number of aromatic carboxylic acids is 1. The lowest BCUT2D eigenvalue weighted by Gasteiger charge is -2.05. The number of hydrogen-bond donors (Lipinski definition) is 2. The highest BCUT2D eigenvalue weighted by Gasteiger charge is 2.22. The van der Waals surface area contributed by atoms with Crippen molar-refractivity contribution in [2.75, 3.05) is 5.32 Å². The van der Waals surface area contributed by atoms with Crippen molar-refractivity contribution in [1.82, 2.24) is 9.97 Å². The average Bonchev–Trinajstić information content (AvgIpc) is 3.00. The summed E-state index contributed by atoms with van der Waals surface area (Å²) in [6.07, 6.45) is 8.65. The molecule has 0 aliphatic rings. The first-order valence-corrected chi connectivity index (χ1v) is 7.69. The van der Waals surface area contributed by atoms with Crippen LogP contribution < -0.4 is 5.32 Å². The summed E-state index contributed by atoms with van der Waals surface area (Å²) in [6, 6.07) is 0. The molecule has 2 aromatic heterocycles. The van der Waals surface area contributed by atoms with Gasteiger partial charge in [0, 0.05) is 35.8 Å². The third-order valence-electron chi connectivity index (χ3n) is 2.96. The molecule has 0 aliphatic heterocycles. The van der Waals surface area contributed by atoms with Crippen LogP contribution in [0.5, 0.6) is 0 Å². The van der Waals surface area contributed by atoms with Crippen LogP contribution in [0.2, 0.25) is 0 Å².